The molecule has 7 nitrogen and oxygen atoms in total. The number of alkyl halides is 3. The normalized spacial score (nSPS) is 12.2. The monoisotopic (exact) mass is 572 g/mol. The van der Waals surface area contributed by atoms with Gasteiger partial charge in [-0.15, -0.1) is 0 Å². The van der Waals surface area contributed by atoms with Crippen LogP contribution < -0.4 is 0 Å². The third-order valence-electron chi connectivity index (χ3n) is 5.96. The number of nitrogens with zero attached hydrogens (tertiary/aromatic N) is 4. The van der Waals surface area contributed by atoms with E-state index >= 15 is 0 Å². The summed E-state index contributed by atoms with van der Waals surface area (Å²) in [6.45, 7) is 3.11. The van der Waals surface area contributed by atoms with Crippen LogP contribution in [0.4, 0.5) is 13.2 Å². The van der Waals surface area contributed by atoms with Gasteiger partial charge in [-0.25, -0.2) is 23.4 Å². The third kappa shape index (κ3) is 5.32. The van der Waals surface area contributed by atoms with Crippen LogP contribution in [0.2, 0.25) is 5.15 Å². The van der Waals surface area contributed by atoms with Crippen molar-refractivity contribution in [2.24, 2.45) is 0 Å². The fourth-order valence-corrected chi connectivity index (χ4v) is 5.02. The average molecular weight is 573 g/mol. The van der Waals surface area contributed by atoms with Crippen molar-refractivity contribution in [1.82, 2.24) is 19.5 Å². The fraction of sp³-hybridized carbons (Fsp3) is 0.148. The van der Waals surface area contributed by atoms with Crippen LogP contribution in [0.1, 0.15) is 17.4 Å². The third-order valence-corrected chi connectivity index (χ3v) is 7.28. The molecule has 0 aliphatic carbocycles. The predicted molar refractivity (Wildman–Crippen MR) is 140 cm³/mol. The lowest BCUT2D eigenvalue weighted by Gasteiger charge is -2.14. The number of oxazole rings is 1. The topological polar surface area (TPSA) is 90.9 Å². The maximum absolute atomic E-state index is 13.5. The fourth-order valence-electron chi connectivity index (χ4n) is 4.19. The summed E-state index contributed by atoms with van der Waals surface area (Å²) in [4.78, 5) is 12.7. The SMILES string of the molecule is Cc1nc(-c2cc(-c3cccc(S(C)(=O)=O)c3)ccc2-n2cc(C(F)(F)F)nc2C)c(-c2cccc(Cl)n2)o1. The van der Waals surface area contributed by atoms with Gasteiger partial charge in [-0.1, -0.05) is 35.9 Å². The Kier molecular flexibility index (Phi) is 6.59. The number of rotatable bonds is 5. The maximum atomic E-state index is 13.5. The molecule has 0 aliphatic rings. The summed E-state index contributed by atoms with van der Waals surface area (Å²) >= 11 is 6.11. The molecule has 200 valence electrons. The summed E-state index contributed by atoms with van der Waals surface area (Å²) in [6, 6.07) is 16.4. The molecule has 12 heteroatoms. The van der Waals surface area contributed by atoms with Crippen molar-refractivity contribution in [3.05, 3.63) is 89.4 Å². The zero-order chi connectivity index (χ0) is 28.1. The lowest BCUT2D eigenvalue weighted by molar-refractivity contribution is -0.141. The molecule has 2 aromatic carbocycles. The number of hydrogen-bond donors (Lipinski definition) is 0. The average Bonchev–Trinajstić information content (AvgIpc) is 3.46. The van der Waals surface area contributed by atoms with Gasteiger partial charge in [-0.2, -0.15) is 13.2 Å². The van der Waals surface area contributed by atoms with Crippen molar-refractivity contribution < 1.29 is 26.0 Å². The zero-order valence-corrected chi connectivity index (χ0v) is 22.4. The molecule has 0 aliphatic heterocycles. The van der Waals surface area contributed by atoms with Crippen molar-refractivity contribution in [2.45, 2.75) is 24.9 Å². The van der Waals surface area contributed by atoms with E-state index in [0.717, 1.165) is 12.5 Å². The number of benzene rings is 2. The molecule has 3 aromatic heterocycles. The van der Waals surface area contributed by atoms with E-state index < -0.39 is 21.7 Å². The number of aromatic nitrogens is 4. The van der Waals surface area contributed by atoms with Crippen molar-refractivity contribution in [1.29, 1.82) is 0 Å². The molecule has 0 spiro atoms. The van der Waals surface area contributed by atoms with Gasteiger partial charge in [0.2, 0.25) is 0 Å². The molecule has 0 atom stereocenters. The van der Waals surface area contributed by atoms with E-state index in [4.69, 9.17) is 16.0 Å². The Labute approximate surface area is 226 Å². The Balaban J connectivity index is 1.78. The molecule has 5 rings (SSSR count). The molecule has 0 fully saturated rings. The highest BCUT2D eigenvalue weighted by Gasteiger charge is 2.35. The smallest absolute Gasteiger partial charge is 0.434 e. The van der Waals surface area contributed by atoms with Gasteiger partial charge >= 0.3 is 6.18 Å². The Morgan fingerprint density at radius 2 is 1.64 bits per heavy atom. The minimum absolute atomic E-state index is 0.109. The number of hydrogen-bond acceptors (Lipinski definition) is 6. The lowest BCUT2D eigenvalue weighted by atomic mass is 9.98. The molecule has 5 aromatic rings. The molecule has 0 unspecified atom stereocenters. The molecule has 0 bridgehead atoms. The highest BCUT2D eigenvalue weighted by Crippen LogP contribution is 2.39. The number of aryl methyl sites for hydroxylation is 2. The quantitative estimate of drug-likeness (QED) is 0.212. The van der Waals surface area contributed by atoms with Crippen LogP contribution in [0.5, 0.6) is 0 Å². The Hall–Kier alpha value is -3.96. The van der Waals surface area contributed by atoms with Crippen molar-refractivity contribution in [3.8, 4) is 39.5 Å². The Morgan fingerprint density at radius 1 is 0.923 bits per heavy atom. The molecular weight excluding hydrogens is 553 g/mol. The van der Waals surface area contributed by atoms with Gasteiger partial charge in [0.05, 0.1) is 10.6 Å². The van der Waals surface area contributed by atoms with Crippen LogP contribution in [-0.2, 0) is 16.0 Å². The van der Waals surface area contributed by atoms with Gasteiger partial charge in [-0.3, -0.25) is 0 Å². The summed E-state index contributed by atoms with van der Waals surface area (Å²) < 4.78 is 72.0. The molecule has 0 N–H and O–H groups in total. The summed E-state index contributed by atoms with van der Waals surface area (Å²) in [5.41, 5.74) is 1.64. The maximum Gasteiger partial charge on any atom is 0.434 e. The molecule has 39 heavy (non-hydrogen) atoms. The Bertz CT molecular complexity index is 1830. The summed E-state index contributed by atoms with van der Waals surface area (Å²) in [7, 11) is -3.47. The predicted octanol–water partition coefficient (Wildman–Crippen LogP) is 6.95. The van der Waals surface area contributed by atoms with Gasteiger partial charge in [0.1, 0.15) is 22.4 Å². The first kappa shape index (κ1) is 26.6. The van der Waals surface area contributed by atoms with E-state index in [1.165, 1.54) is 23.6 Å². The molecule has 0 radical (unpaired) electrons. The van der Waals surface area contributed by atoms with Crippen LogP contribution >= 0.6 is 11.6 Å². The number of sulfone groups is 1. The van der Waals surface area contributed by atoms with Gasteiger partial charge in [0.25, 0.3) is 0 Å². The highest BCUT2D eigenvalue weighted by molar-refractivity contribution is 7.90. The van der Waals surface area contributed by atoms with Crippen LogP contribution in [0.3, 0.4) is 0 Å². The molecule has 0 saturated heterocycles. The zero-order valence-electron chi connectivity index (χ0n) is 20.8. The van der Waals surface area contributed by atoms with Gasteiger partial charge in [-0.05, 0) is 54.4 Å². The van der Waals surface area contributed by atoms with Gasteiger partial charge in [0, 0.05) is 24.9 Å². The van der Waals surface area contributed by atoms with E-state index in [0.29, 0.717) is 39.7 Å². The van der Waals surface area contributed by atoms with Crippen molar-refractivity contribution in [2.75, 3.05) is 6.26 Å². The second kappa shape index (κ2) is 9.65. The largest absolute Gasteiger partial charge is 0.439 e. The second-order valence-corrected chi connectivity index (χ2v) is 11.2. The van der Waals surface area contributed by atoms with Crippen molar-refractivity contribution in [3.63, 3.8) is 0 Å². The number of pyridine rings is 1. The second-order valence-electron chi connectivity index (χ2n) is 8.83. The summed E-state index contributed by atoms with van der Waals surface area (Å²) in [6.07, 6.45) is -2.60. The minimum Gasteiger partial charge on any atom is -0.439 e. The number of halogens is 4. The number of imidazole rings is 1. The van der Waals surface area contributed by atoms with Crippen molar-refractivity contribution >= 4 is 21.4 Å². The van der Waals surface area contributed by atoms with Crippen LogP contribution in [-0.4, -0.2) is 34.2 Å². The molecule has 3 heterocycles. The van der Waals surface area contributed by atoms with Crippen LogP contribution in [0, 0.1) is 13.8 Å². The Morgan fingerprint density at radius 3 is 2.31 bits per heavy atom. The molecular formula is C27H20ClF3N4O3S. The van der Waals surface area contributed by atoms with Crippen LogP contribution in [0.25, 0.3) is 39.5 Å². The van der Waals surface area contributed by atoms with E-state index in [2.05, 4.69) is 15.0 Å². The van der Waals surface area contributed by atoms with E-state index in [1.54, 1.807) is 55.5 Å². The first-order valence-electron chi connectivity index (χ1n) is 11.5. The summed E-state index contributed by atoms with van der Waals surface area (Å²) in [5, 5.41) is 0.222. The standard InChI is InChI=1S/C27H20ClF3N4O3S/c1-15-32-23(27(29,30)31)14-35(15)22-11-10-18(17-6-4-7-19(12-17)39(3,36)37)13-20(22)25-26(38-16(2)33-25)21-8-5-9-24(28)34-21/h4-14H,1-3H3. The van der Waals surface area contributed by atoms with E-state index in [1.807, 2.05) is 0 Å². The molecule has 0 amide bonds. The molecule has 0 saturated carbocycles. The first-order valence-corrected chi connectivity index (χ1v) is 13.8. The van der Waals surface area contributed by atoms with Gasteiger partial charge < -0.3 is 8.98 Å². The summed E-state index contributed by atoms with van der Waals surface area (Å²) in [5.74, 6) is 0.681. The van der Waals surface area contributed by atoms with E-state index in [-0.39, 0.29) is 21.6 Å². The van der Waals surface area contributed by atoms with Crippen LogP contribution in [0.15, 0.2) is 76.2 Å². The highest BCUT2D eigenvalue weighted by atomic mass is 35.5. The lowest BCUT2D eigenvalue weighted by Crippen LogP contribution is -2.05. The van der Waals surface area contributed by atoms with E-state index in [9.17, 15) is 21.6 Å². The first-order chi connectivity index (χ1) is 18.3. The van der Waals surface area contributed by atoms with Gasteiger partial charge in [0.15, 0.2) is 27.2 Å². The minimum atomic E-state index is -4.64.